The van der Waals surface area contributed by atoms with Crippen molar-refractivity contribution in [3.05, 3.63) is 64.8 Å². The van der Waals surface area contributed by atoms with Gasteiger partial charge in [0.1, 0.15) is 0 Å². The maximum absolute atomic E-state index is 13.2. The van der Waals surface area contributed by atoms with Crippen molar-refractivity contribution in [2.24, 2.45) is 28.6 Å². The monoisotopic (exact) mass is 462 g/mol. The van der Waals surface area contributed by atoms with Crippen molar-refractivity contribution in [1.82, 2.24) is 0 Å². The molecule has 0 heterocycles. The standard InChI is InChI=1S/C29H34O3S/c1-18-14-23-24(28(3)12-10-21(31)16-25(18)28)11-13-29(4)26(23)15-20(27(29)19(2)30)17-33(32)22-8-6-5-7-9-22/h5-9,14,16,23-24,26H,10-13,15,17H2,1-4H3/t23-,24+,26+,28-,29+,33?/m1/s1. The molecule has 1 unspecified atom stereocenters. The smallest absolute Gasteiger partial charge is 0.156 e. The van der Waals surface area contributed by atoms with Crippen LogP contribution in [0.15, 0.2) is 69.7 Å². The summed E-state index contributed by atoms with van der Waals surface area (Å²) in [5.74, 6) is 2.07. The molecule has 33 heavy (non-hydrogen) atoms. The SMILES string of the molecule is CC(=O)C1=C(CS(=O)c2ccccc2)C[C@H]2[C@@H]3C=C(C)C4=CC(=O)CC[C@]4(C)[C@H]3CC[C@]12C. The molecule has 3 nitrogen and oxygen atoms in total. The first-order valence-electron chi connectivity index (χ1n) is 12.3. The third-order valence-electron chi connectivity index (χ3n) is 9.27. The highest BCUT2D eigenvalue weighted by molar-refractivity contribution is 7.85. The van der Waals surface area contributed by atoms with Crippen LogP contribution < -0.4 is 0 Å². The summed E-state index contributed by atoms with van der Waals surface area (Å²) in [5, 5.41) is 0. The molecule has 1 aromatic rings. The molecule has 0 aliphatic heterocycles. The predicted molar refractivity (Wildman–Crippen MR) is 132 cm³/mol. The van der Waals surface area contributed by atoms with Gasteiger partial charge in [-0.25, -0.2) is 0 Å². The molecule has 174 valence electrons. The molecule has 4 aliphatic carbocycles. The number of benzene rings is 1. The van der Waals surface area contributed by atoms with E-state index in [-0.39, 0.29) is 22.4 Å². The van der Waals surface area contributed by atoms with Crippen LogP contribution in [0, 0.1) is 28.6 Å². The summed E-state index contributed by atoms with van der Waals surface area (Å²) in [7, 11) is -1.15. The van der Waals surface area contributed by atoms with Crippen LogP contribution >= 0.6 is 0 Å². The third kappa shape index (κ3) is 3.48. The van der Waals surface area contributed by atoms with Gasteiger partial charge < -0.3 is 0 Å². The van der Waals surface area contributed by atoms with Crippen LogP contribution in [-0.2, 0) is 20.4 Å². The van der Waals surface area contributed by atoms with Gasteiger partial charge in [-0.05, 0) is 97.5 Å². The fraction of sp³-hybridized carbons (Fsp3) is 0.517. The summed E-state index contributed by atoms with van der Waals surface area (Å²) in [6, 6.07) is 9.60. The average molecular weight is 463 g/mol. The molecule has 1 fully saturated rings. The summed E-state index contributed by atoms with van der Waals surface area (Å²) in [6.07, 6.45) is 8.77. The van der Waals surface area contributed by atoms with E-state index in [0.717, 1.165) is 41.7 Å². The second-order valence-electron chi connectivity index (χ2n) is 11.1. The second kappa shape index (κ2) is 8.01. The van der Waals surface area contributed by atoms with Gasteiger partial charge in [0, 0.05) is 22.6 Å². The summed E-state index contributed by atoms with van der Waals surface area (Å²) >= 11 is 0. The fourth-order valence-electron chi connectivity index (χ4n) is 7.80. The minimum absolute atomic E-state index is 0.0325. The average Bonchev–Trinajstić information content (AvgIpc) is 3.08. The molecule has 0 radical (unpaired) electrons. The van der Waals surface area contributed by atoms with Crippen LogP contribution in [0.1, 0.15) is 59.8 Å². The molecule has 0 bridgehead atoms. The molecule has 4 aliphatic rings. The lowest BCUT2D eigenvalue weighted by atomic mass is 9.47. The molecule has 6 atom stereocenters. The van der Waals surface area contributed by atoms with E-state index in [1.807, 2.05) is 36.4 Å². The molecular formula is C29H34O3S. The van der Waals surface area contributed by atoms with Crippen LogP contribution in [0.4, 0.5) is 0 Å². The van der Waals surface area contributed by atoms with Crippen LogP contribution in [0.5, 0.6) is 0 Å². The number of Topliss-reactive ketones (excluding diaryl/α,β-unsaturated/α-hetero) is 1. The summed E-state index contributed by atoms with van der Waals surface area (Å²) in [6.45, 7) is 8.49. The zero-order chi connectivity index (χ0) is 23.5. The largest absolute Gasteiger partial charge is 0.295 e. The number of hydrogen-bond donors (Lipinski definition) is 0. The Hall–Kier alpha value is -2.07. The molecule has 5 rings (SSSR count). The summed E-state index contributed by atoms with van der Waals surface area (Å²) in [4.78, 5) is 26.0. The highest BCUT2D eigenvalue weighted by atomic mass is 32.2. The van der Waals surface area contributed by atoms with Crippen molar-refractivity contribution in [3.8, 4) is 0 Å². The summed E-state index contributed by atoms with van der Waals surface area (Å²) < 4.78 is 13.2. The van der Waals surface area contributed by atoms with Crippen LogP contribution in [0.3, 0.4) is 0 Å². The second-order valence-corrected chi connectivity index (χ2v) is 12.5. The van der Waals surface area contributed by atoms with Gasteiger partial charge in [-0.15, -0.1) is 0 Å². The lowest BCUT2D eigenvalue weighted by Crippen LogP contribution is -2.49. The topological polar surface area (TPSA) is 51.2 Å². The van der Waals surface area contributed by atoms with Gasteiger partial charge in [0.05, 0.1) is 10.8 Å². The minimum Gasteiger partial charge on any atom is -0.295 e. The fourth-order valence-corrected chi connectivity index (χ4v) is 9.00. The maximum atomic E-state index is 13.2. The van der Waals surface area contributed by atoms with Gasteiger partial charge >= 0.3 is 0 Å². The Balaban J connectivity index is 1.52. The molecule has 0 N–H and O–H groups in total. The Bertz CT molecular complexity index is 1140. The Labute approximate surface area is 199 Å². The predicted octanol–water partition coefficient (Wildman–Crippen LogP) is 5.99. The Morgan fingerprint density at radius 2 is 1.82 bits per heavy atom. The lowest BCUT2D eigenvalue weighted by Gasteiger charge is -2.56. The molecule has 1 aromatic carbocycles. The van der Waals surface area contributed by atoms with Crippen LogP contribution in [-0.4, -0.2) is 21.5 Å². The van der Waals surface area contributed by atoms with Crippen LogP contribution in [0.2, 0.25) is 0 Å². The maximum Gasteiger partial charge on any atom is 0.156 e. The van der Waals surface area contributed by atoms with Gasteiger partial charge in [0.15, 0.2) is 11.6 Å². The zero-order valence-electron chi connectivity index (χ0n) is 20.1. The normalized spacial score (nSPS) is 36.4. The van der Waals surface area contributed by atoms with Gasteiger partial charge in [-0.3, -0.25) is 13.8 Å². The zero-order valence-corrected chi connectivity index (χ0v) is 21.0. The van der Waals surface area contributed by atoms with E-state index in [9.17, 15) is 13.8 Å². The van der Waals surface area contributed by atoms with Crippen molar-refractivity contribution in [1.29, 1.82) is 0 Å². The number of rotatable bonds is 4. The van der Waals surface area contributed by atoms with Crippen molar-refractivity contribution in [3.63, 3.8) is 0 Å². The van der Waals surface area contributed by atoms with Crippen molar-refractivity contribution >= 4 is 22.4 Å². The number of hydrogen-bond acceptors (Lipinski definition) is 3. The number of ketones is 2. The van der Waals surface area contributed by atoms with Crippen LogP contribution in [0.25, 0.3) is 0 Å². The Morgan fingerprint density at radius 3 is 2.52 bits per heavy atom. The lowest BCUT2D eigenvalue weighted by molar-refractivity contribution is -0.117. The van der Waals surface area contributed by atoms with Crippen molar-refractivity contribution in [2.45, 2.75) is 64.7 Å². The highest BCUT2D eigenvalue weighted by Gasteiger charge is 2.58. The number of allylic oxidation sites excluding steroid dienone is 5. The third-order valence-corrected chi connectivity index (χ3v) is 10.7. The van der Waals surface area contributed by atoms with Gasteiger partial charge in [-0.2, -0.15) is 0 Å². The number of carbonyl (C=O) groups is 2. The van der Waals surface area contributed by atoms with Gasteiger partial charge in [0.2, 0.25) is 0 Å². The van der Waals surface area contributed by atoms with Crippen molar-refractivity contribution in [2.75, 3.05) is 5.75 Å². The molecule has 0 saturated heterocycles. The van der Waals surface area contributed by atoms with E-state index in [4.69, 9.17) is 0 Å². The van der Waals surface area contributed by atoms with E-state index in [1.54, 1.807) is 6.92 Å². The van der Waals surface area contributed by atoms with E-state index >= 15 is 0 Å². The molecular weight excluding hydrogens is 428 g/mol. The minimum atomic E-state index is -1.15. The molecule has 4 heteroatoms. The van der Waals surface area contributed by atoms with E-state index in [2.05, 4.69) is 26.8 Å². The molecule has 0 spiro atoms. The van der Waals surface area contributed by atoms with Crippen molar-refractivity contribution < 1.29 is 13.8 Å². The van der Waals surface area contributed by atoms with Gasteiger partial charge in [0.25, 0.3) is 0 Å². The first kappa shape index (κ1) is 22.7. The highest BCUT2D eigenvalue weighted by Crippen LogP contribution is 2.65. The first-order chi connectivity index (χ1) is 15.6. The quantitative estimate of drug-likeness (QED) is 0.552. The summed E-state index contributed by atoms with van der Waals surface area (Å²) in [5.41, 5.74) is 4.40. The number of fused-ring (bicyclic) bond motifs is 5. The van der Waals surface area contributed by atoms with E-state index < -0.39 is 10.8 Å². The Morgan fingerprint density at radius 1 is 1.09 bits per heavy atom. The van der Waals surface area contributed by atoms with Gasteiger partial charge in [-0.1, -0.05) is 43.7 Å². The molecule has 1 saturated carbocycles. The first-order valence-corrected chi connectivity index (χ1v) is 13.6. The molecule has 0 amide bonds. The Kier molecular flexibility index (Phi) is 5.51. The number of carbonyl (C=O) groups excluding carboxylic acids is 2. The van der Waals surface area contributed by atoms with E-state index in [1.165, 1.54) is 11.1 Å². The molecule has 0 aromatic heterocycles. The van der Waals surface area contributed by atoms with E-state index in [0.29, 0.717) is 29.9 Å².